The van der Waals surface area contributed by atoms with Crippen molar-refractivity contribution in [2.24, 2.45) is 5.64 Å². The van der Waals surface area contributed by atoms with Gasteiger partial charge < -0.3 is 110 Å². The first-order chi connectivity index (χ1) is 23.1. The minimum Gasteiger partial charge on any atom is -0.479 e. The van der Waals surface area contributed by atoms with Crippen LogP contribution >= 0.6 is 0 Å². The highest BCUT2D eigenvalue weighted by Gasteiger charge is 2.56. The van der Waals surface area contributed by atoms with Gasteiger partial charge in [0.15, 0.2) is 37.4 Å². The van der Waals surface area contributed by atoms with Crippen molar-refractivity contribution in [1.29, 1.82) is 0 Å². The molecule has 4 saturated heterocycles. The number of rotatable bonds is 12. The summed E-state index contributed by atoms with van der Waals surface area (Å²) in [6.07, 6.45) is -39.9. The number of nitrogens with two attached hydrogens (primary N) is 1. The Bertz CT molecular complexity index is 1110. The Hall–Kier alpha value is -1.80. The second-order valence-electron chi connectivity index (χ2n) is 11.5. The van der Waals surface area contributed by atoms with E-state index < -0.39 is 156 Å². The Morgan fingerprint density at radius 3 is 1.37 bits per heavy atom. The summed E-state index contributed by atoms with van der Waals surface area (Å²) in [5.74, 6) is -3.57. The fourth-order valence-corrected chi connectivity index (χ4v) is 5.73. The minimum absolute atomic E-state index is 0.456. The molecule has 0 amide bonds. The molecule has 25 heteroatoms. The number of aliphatic hydroxyl groups is 11. The molecular weight excluding hydrogens is 681 g/mol. The van der Waals surface area contributed by atoms with E-state index in [1.165, 1.54) is 0 Å². The highest BCUT2D eigenvalue weighted by Crippen LogP contribution is 2.34. The molecule has 0 bridgehead atoms. The van der Waals surface area contributed by atoms with E-state index in [1.807, 2.05) is 0 Å². The SMILES string of the molecule is NBOC1OC(CO)C(OC2OC(C(=O)O)C(O)C(OC3OC(CO)C(OC4OC(C(=O)O)C(O)C(O)C4O)C(O)C3O)C2O)C(O)C1O. The van der Waals surface area contributed by atoms with E-state index >= 15 is 0 Å². The zero-order valence-corrected chi connectivity index (χ0v) is 25.1. The van der Waals surface area contributed by atoms with Crippen LogP contribution < -0.4 is 5.64 Å². The molecule has 15 N–H and O–H groups in total. The van der Waals surface area contributed by atoms with Crippen LogP contribution in [0.15, 0.2) is 0 Å². The molecule has 0 aromatic rings. The Balaban J connectivity index is 1.51. The molecular formula is C24H40BNO23. The maximum absolute atomic E-state index is 11.9. The van der Waals surface area contributed by atoms with Gasteiger partial charge in [-0.3, -0.25) is 0 Å². The monoisotopic (exact) mass is 721 g/mol. The van der Waals surface area contributed by atoms with E-state index in [-0.39, 0.29) is 0 Å². The molecule has 282 valence electrons. The van der Waals surface area contributed by atoms with E-state index in [0.29, 0.717) is 0 Å². The first kappa shape index (κ1) is 40.0. The van der Waals surface area contributed by atoms with Crippen LogP contribution in [0.25, 0.3) is 0 Å². The van der Waals surface area contributed by atoms with Crippen LogP contribution in [0.4, 0.5) is 0 Å². The summed E-state index contributed by atoms with van der Waals surface area (Å²) in [6.45, 7) is -1.90. The second kappa shape index (κ2) is 16.7. The topological polar surface area (TPSA) is 397 Å². The van der Waals surface area contributed by atoms with Crippen molar-refractivity contribution in [3.63, 3.8) is 0 Å². The van der Waals surface area contributed by atoms with Crippen molar-refractivity contribution in [1.82, 2.24) is 0 Å². The molecule has 0 spiro atoms. The van der Waals surface area contributed by atoms with Gasteiger partial charge in [-0.2, -0.15) is 0 Å². The molecule has 24 nitrogen and oxygen atoms in total. The van der Waals surface area contributed by atoms with Crippen molar-refractivity contribution in [2.75, 3.05) is 13.2 Å². The van der Waals surface area contributed by atoms with Crippen LogP contribution in [0.3, 0.4) is 0 Å². The van der Waals surface area contributed by atoms with E-state index in [1.54, 1.807) is 0 Å². The van der Waals surface area contributed by atoms with Crippen molar-refractivity contribution in [3.8, 4) is 0 Å². The number of hydrogen-bond donors (Lipinski definition) is 14. The highest BCUT2D eigenvalue weighted by atomic mass is 16.8. The summed E-state index contributed by atoms with van der Waals surface area (Å²) in [5.41, 5.74) is 5.27. The molecule has 0 aliphatic carbocycles. The minimum atomic E-state index is -2.25. The molecule has 49 heavy (non-hydrogen) atoms. The van der Waals surface area contributed by atoms with Crippen LogP contribution in [0.5, 0.6) is 0 Å². The van der Waals surface area contributed by atoms with Crippen LogP contribution in [0.2, 0.25) is 0 Å². The molecule has 20 unspecified atom stereocenters. The third-order valence-electron chi connectivity index (χ3n) is 8.37. The first-order valence-corrected chi connectivity index (χ1v) is 14.8. The molecule has 4 heterocycles. The molecule has 0 aromatic carbocycles. The summed E-state index contributed by atoms with van der Waals surface area (Å²) in [4.78, 5) is 23.4. The van der Waals surface area contributed by atoms with Gasteiger partial charge in [0, 0.05) is 0 Å². The number of carboxylic acids is 2. The summed E-state index contributed by atoms with van der Waals surface area (Å²) in [6, 6.07) is 0. The van der Waals surface area contributed by atoms with Crippen LogP contribution in [0, 0.1) is 0 Å². The third kappa shape index (κ3) is 8.16. The van der Waals surface area contributed by atoms with Gasteiger partial charge in [-0.25, -0.2) is 9.59 Å². The number of hydrogen-bond acceptors (Lipinski definition) is 22. The first-order valence-electron chi connectivity index (χ1n) is 14.8. The van der Waals surface area contributed by atoms with Gasteiger partial charge in [0.25, 0.3) is 0 Å². The smallest absolute Gasteiger partial charge is 0.360 e. The lowest BCUT2D eigenvalue weighted by molar-refractivity contribution is -0.384. The molecule has 4 fully saturated rings. The van der Waals surface area contributed by atoms with Gasteiger partial charge in [-0.15, -0.1) is 0 Å². The number of carboxylic acid groups (broad SMARTS) is 2. The van der Waals surface area contributed by atoms with Gasteiger partial charge in [0.2, 0.25) is 0 Å². The Labute approximate surface area is 275 Å². The Kier molecular flexibility index (Phi) is 13.6. The van der Waals surface area contributed by atoms with Gasteiger partial charge in [-0.1, -0.05) is 0 Å². The molecule has 20 atom stereocenters. The maximum atomic E-state index is 11.9. The van der Waals surface area contributed by atoms with Gasteiger partial charge in [0.1, 0.15) is 85.5 Å². The zero-order valence-electron chi connectivity index (χ0n) is 25.1. The lowest BCUT2D eigenvalue weighted by Crippen LogP contribution is -2.68. The van der Waals surface area contributed by atoms with Crippen molar-refractivity contribution in [3.05, 3.63) is 0 Å². The predicted octanol–water partition coefficient (Wildman–Crippen LogP) is -10.3. The molecule has 0 saturated carbocycles. The van der Waals surface area contributed by atoms with Crippen LogP contribution in [0.1, 0.15) is 0 Å². The van der Waals surface area contributed by atoms with Crippen molar-refractivity contribution < 1.29 is 114 Å². The summed E-state index contributed by atoms with van der Waals surface area (Å²) in [5, 5.41) is 133. The fraction of sp³-hybridized carbons (Fsp3) is 0.917. The predicted molar refractivity (Wildman–Crippen MR) is 145 cm³/mol. The maximum Gasteiger partial charge on any atom is 0.360 e. The van der Waals surface area contributed by atoms with Gasteiger partial charge in [-0.05, 0) is 0 Å². The number of aliphatic hydroxyl groups excluding tert-OH is 11. The Morgan fingerprint density at radius 1 is 0.510 bits per heavy atom. The lowest BCUT2D eigenvalue weighted by atomic mass is 9.95. The summed E-state index contributed by atoms with van der Waals surface area (Å²) in [7, 11) is -0.456. The number of carbonyl (C=O) groups is 2. The standard InChI is InChI=1S/C24H40BNO23/c26-25-49-24-11(35)8(32)15(4(2-28)43-24)45-23-13(37)16(12(36)18(48-23)20(40)41)46-21-10(34)7(31)14(3(1-27)42-21)44-22-9(33)5(29)6(30)17(47-22)19(38)39/h3-18,21-25,27-37H,1-2,26H2,(H,38,39)(H,40,41). The van der Waals surface area contributed by atoms with Gasteiger partial charge in [0.05, 0.1) is 13.2 Å². The average molecular weight is 721 g/mol. The zero-order chi connectivity index (χ0) is 36.5. The largest absolute Gasteiger partial charge is 0.479 e. The van der Waals surface area contributed by atoms with Crippen LogP contribution in [-0.4, -0.2) is 222 Å². The van der Waals surface area contributed by atoms with Crippen molar-refractivity contribution in [2.45, 2.75) is 123 Å². The Morgan fingerprint density at radius 2 is 0.898 bits per heavy atom. The molecule has 4 rings (SSSR count). The van der Waals surface area contributed by atoms with E-state index in [9.17, 15) is 76.0 Å². The lowest BCUT2D eigenvalue weighted by Gasteiger charge is -2.48. The number of ether oxygens (including phenoxy) is 7. The third-order valence-corrected chi connectivity index (χ3v) is 8.37. The second-order valence-corrected chi connectivity index (χ2v) is 11.5. The van der Waals surface area contributed by atoms with Crippen LogP contribution in [-0.2, 0) is 47.4 Å². The van der Waals surface area contributed by atoms with E-state index in [4.69, 9.17) is 43.5 Å². The molecule has 0 aromatic heterocycles. The van der Waals surface area contributed by atoms with Gasteiger partial charge >= 0.3 is 19.6 Å². The molecule has 4 aliphatic rings. The summed E-state index contributed by atoms with van der Waals surface area (Å²) >= 11 is 0. The van der Waals surface area contributed by atoms with Crippen molar-refractivity contribution >= 4 is 19.6 Å². The quantitative estimate of drug-likeness (QED) is 0.0832. The average Bonchev–Trinajstić information content (AvgIpc) is 3.06. The van der Waals surface area contributed by atoms with E-state index in [0.717, 1.165) is 0 Å². The number of aliphatic carboxylic acids is 2. The summed E-state index contributed by atoms with van der Waals surface area (Å²) < 4.78 is 42.2. The van der Waals surface area contributed by atoms with E-state index in [2.05, 4.69) is 0 Å². The molecule has 4 aliphatic heterocycles. The highest BCUT2D eigenvalue weighted by molar-refractivity contribution is 6.22. The normalized spacial score (nSPS) is 49.3. The molecule has 0 radical (unpaired) electrons. The fourth-order valence-electron chi connectivity index (χ4n) is 5.73.